The molecule has 0 amide bonds. The van der Waals surface area contributed by atoms with Gasteiger partial charge in [0.25, 0.3) is 0 Å². The molecule has 1 fully saturated rings. The largest absolute Gasteiger partial charge is 0.367 e. The second kappa shape index (κ2) is 6.11. The molecular weight excluding hydrogens is 336 g/mol. The number of nitriles is 1. The Morgan fingerprint density at radius 2 is 1.83 bits per heavy atom. The van der Waals surface area contributed by atoms with Crippen molar-refractivity contribution < 1.29 is 8.42 Å². The molecule has 1 aliphatic rings. The highest BCUT2D eigenvalue weighted by atomic mass is 32.2. The van der Waals surface area contributed by atoms with E-state index in [2.05, 4.69) is 9.36 Å². The van der Waals surface area contributed by atoms with Crippen molar-refractivity contribution in [2.24, 2.45) is 0 Å². The number of nitrogens with zero attached hydrogens (tertiary/aromatic N) is 5. The summed E-state index contributed by atoms with van der Waals surface area (Å²) in [7, 11) is -3.55. The number of benzene rings is 1. The fraction of sp³-hybridized carbons (Fsp3) is 0.308. The zero-order valence-electron chi connectivity index (χ0n) is 12.1. The van der Waals surface area contributed by atoms with Gasteiger partial charge in [-0.05, 0) is 24.3 Å². The summed E-state index contributed by atoms with van der Waals surface area (Å²) in [6.45, 7) is 1.79. The standard InChI is InChI=1S/C13H14N6O2S2/c14-9-10-1-3-11(4-2-10)23(20,21)19-7-5-18(6-8-19)13-16-12(15)17-22-13/h1-4H,5-8H2,(H2,15,17). The van der Waals surface area contributed by atoms with Gasteiger partial charge in [0.1, 0.15) is 0 Å². The van der Waals surface area contributed by atoms with Gasteiger partial charge < -0.3 is 10.6 Å². The lowest BCUT2D eigenvalue weighted by Crippen LogP contribution is -2.48. The van der Waals surface area contributed by atoms with Gasteiger partial charge in [0, 0.05) is 37.7 Å². The minimum atomic E-state index is -3.55. The summed E-state index contributed by atoms with van der Waals surface area (Å²) in [5.74, 6) is 0.234. The van der Waals surface area contributed by atoms with Gasteiger partial charge >= 0.3 is 0 Å². The number of hydrogen-bond acceptors (Lipinski definition) is 8. The van der Waals surface area contributed by atoms with Crippen LogP contribution in [0.2, 0.25) is 0 Å². The molecule has 0 atom stereocenters. The van der Waals surface area contributed by atoms with E-state index in [1.807, 2.05) is 11.0 Å². The van der Waals surface area contributed by atoms with Gasteiger partial charge in [0.2, 0.25) is 21.1 Å². The number of nitrogens with two attached hydrogens (primary N) is 1. The molecule has 2 heterocycles. The third-order valence-corrected chi connectivity index (χ3v) is 6.27. The lowest BCUT2D eigenvalue weighted by Gasteiger charge is -2.33. The second-order valence-corrected chi connectivity index (χ2v) is 7.63. The van der Waals surface area contributed by atoms with E-state index in [4.69, 9.17) is 11.0 Å². The molecule has 8 nitrogen and oxygen atoms in total. The number of aromatic nitrogens is 2. The van der Waals surface area contributed by atoms with Gasteiger partial charge in [0.05, 0.1) is 16.5 Å². The van der Waals surface area contributed by atoms with E-state index in [1.54, 1.807) is 0 Å². The molecule has 0 saturated carbocycles. The minimum Gasteiger partial charge on any atom is -0.367 e. The number of nitrogen functional groups attached to an aromatic ring is 1. The van der Waals surface area contributed by atoms with Crippen molar-refractivity contribution in [3.8, 4) is 6.07 Å². The molecule has 1 aromatic heterocycles. The molecule has 0 spiro atoms. The summed E-state index contributed by atoms with van der Waals surface area (Å²) in [6, 6.07) is 7.92. The molecule has 0 radical (unpaired) electrons. The summed E-state index contributed by atoms with van der Waals surface area (Å²) in [5, 5.41) is 9.49. The molecule has 1 aliphatic heterocycles. The Balaban J connectivity index is 1.72. The van der Waals surface area contributed by atoms with E-state index in [9.17, 15) is 8.42 Å². The fourth-order valence-electron chi connectivity index (χ4n) is 2.33. The van der Waals surface area contributed by atoms with Crippen molar-refractivity contribution in [1.82, 2.24) is 13.7 Å². The van der Waals surface area contributed by atoms with Crippen LogP contribution in [0.4, 0.5) is 11.1 Å². The molecule has 1 aromatic carbocycles. The first-order valence-corrected chi connectivity index (χ1v) is 9.06. The molecule has 10 heteroatoms. The molecular formula is C13H14N6O2S2. The van der Waals surface area contributed by atoms with Crippen molar-refractivity contribution in [3.63, 3.8) is 0 Å². The molecule has 2 N–H and O–H groups in total. The van der Waals surface area contributed by atoms with Gasteiger partial charge in [-0.25, -0.2) is 8.42 Å². The van der Waals surface area contributed by atoms with Crippen LogP contribution in [-0.4, -0.2) is 48.3 Å². The Hall–Kier alpha value is -2.22. The average molecular weight is 350 g/mol. The summed E-state index contributed by atoms with van der Waals surface area (Å²) in [5.41, 5.74) is 5.95. The van der Waals surface area contributed by atoms with E-state index in [-0.39, 0.29) is 10.8 Å². The molecule has 1 saturated heterocycles. The minimum absolute atomic E-state index is 0.199. The van der Waals surface area contributed by atoms with Crippen LogP contribution < -0.4 is 10.6 Å². The Morgan fingerprint density at radius 1 is 1.17 bits per heavy atom. The Labute approximate surface area is 138 Å². The molecule has 3 rings (SSSR count). The van der Waals surface area contributed by atoms with Gasteiger partial charge in [-0.2, -0.15) is 18.9 Å². The topological polar surface area (TPSA) is 116 Å². The SMILES string of the molecule is N#Cc1ccc(S(=O)(=O)N2CCN(c3nc(N)ns3)CC2)cc1. The average Bonchev–Trinajstić information content (AvgIpc) is 3.01. The maximum Gasteiger partial charge on any atom is 0.243 e. The zero-order valence-corrected chi connectivity index (χ0v) is 13.7. The van der Waals surface area contributed by atoms with Gasteiger partial charge in [-0.3, -0.25) is 0 Å². The Bertz CT molecular complexity index is 832. The van der Waals surface area contributed by atoms with Crippen LogP contribution in [0, 0.1) is 11.3 Å². The molecule has 2 aromatic rings. The summed E-state index contributed by atoms with van der Waals surface area (Å²) >= 11 is 1.21. The highest BCUT2D eigenvalue weighted by Gasteiger charge is 2.29. The summed E-state index contributed by atoms with van der Waals surface area (Å²) in [4.78, 5) is 6.28. The van der Waals surface area contributed by atoms with E-state index < -0.39 is 10.0 Å². The number of piperazine rings is 1. The predicted octanol–water partition coefficient (Wildman–Crippen LogP) is 0.503. The Morgan fingerprint density at radius 3 is 2.35 bits per heavy atom. The summed E-state index contributed by atoms with van der Waals surface area (Å²) in [6.07, 6.45) is 0. The van der Waals surface area contributed by atoms with Gasteiger partial charge in [0.15, 0.2) is 0 Å². The third kappa shape index (κ3) is 3.12. The smallest absolute Gasteiger partial charge is 0.243 e. The van der Waals surface area contributed by atoms with Crippen LogP contribution in [0.15, 0.2) is 29.2 Å². The van der Waals surface area contributed by atoms with Crippen molar-refractivity contribution in [1.29, 1.82) is 5.26 Å². The third-order valence-electron chi connectivity index (χ3n) is 3.56. The number of hydrogen-bond donors (Lipinski definition) is 1. The molecule has 120 valence electrons. The van der Waals surface area contributed by atoms with Crippen LogP contribution in [0.25, 0.3) is 0 Å². The van der Waals surface area contributed by atoms with Crippen LogP contribution in [0.3, 0.4) is 0 Å². The maximum absolute atomic E-state index is 12.6. The van der Waals surface area contributed by atoms with Gasteiger partial charge in [-0.15, -0.1) is 0 Å². The monoisotopic (exact) mass is 350 g/mol. The van der Waals surface area contributed by atoms with Crippen molar-refractivity contribution in [3.05, 3.63) is 29.8 Å². The summed E-state index contributed by atoms with van der Waals surface area (Å²) < 4.78 is 30.6. The lowest BCUT2D eigenvalue weighted by molar-refractivity contribution is 0.385. The lowest BCUT2D eigenvalue weighted by atomic mass is 10.2. The molecule has 0 aliphatic carbocycles. The highest BCUT2D eigenvalue weighted by molar-refractivity contribution is 7.89. The number of rotatable bonds is 3. The van der Waals surface area contributed by atoms with E-state index in [0.717, 1.165) is 0 Å². The van der Waals surface area contributed by atoms with Crippen LogP contribution in [-0.2, 0) is 10.0 Å². The highest BCUT2D eigenvalue weighted by Crippen LogP contribution is 2.23. The van der Waals surface area contributed by atoms with Gasteiger partial charge in [-0.1, -0.05) is 0 Å². The zero-order chi connectivity index (χ0) is 16.4. The normalized spacial score (nSPS) is 16.2. The van der Waals surface area contributed by atoms with E-state index >= 15 is 0 Å². The molecule has 23 heavy (non-hydrogen) atoms. The van der Waals surface area contributed by atoms with Crippen molar-refractivity contribution in [2.45, 2.75) is 4.90 Å². The quantitative estimate of drug-likeness (QED) is 0.857. The number of anilines is 2. The van der Waals surface area contributed by atoms with Crippen molar-refractivity contribution in [2.75, 3.05) is 36.8 Å². The predicted molar refractivity (Wildman–Crippen MR) is 86.5 cm³/mol. The Kier molecular flexibility index (Phi) is 4.16. The maximum atomic E-state index is 12.6. The first-order valence-electron chi connectivity index (χ1n) is 6.85. The molecule has 0 bridgehead atoms. The molecule has 0 unspecified atom stereocenters. The van der Waals surface area contributed by atoms with Crippen molar-refractivity contribution >= 4 is 32.6 Å². The van der Waals surface area contributed by atoms with Crippen LogP contribution in [0.5, 0.6) is 0 Å². The first-order chi connectivity index (χ1) is 11.0. The fourth-order valence-corrected chi connectivity index (χ4v) is 4.40. The second-order valence-electron chi connectivity index (χ2n) is 4.96. The van der Waals surface area contributed by atoms with Crippen LogP contribution in [0.1, 0.15) is 5.56 Å². The number of sulfonamides is 1. The van der Waals surface area contributed by atoms with E-state index in [1.165, 1.54) is 40.1 Å². The van der Waals surface area contributed by atoms with E-state index in [0.29, 0.717) is 36.9 Å². The van der Waals surface area contributed by atoms with Crippen LogP contribution >= 0.6 is 11.5 Å². The first kappa shape index (κ1) is 15.7.